The Morgan fingerprint density at radius 1 is 1.15 bits per heavy atom. The van der Waals surface area contributed by atoms with E-state index in [1.165, 1.54) is 18.2 Å². The smallest absolute Gasteiger partial charge is 0.254 e. The van der Waals surface area contributed by atoms with Gasteiger partial charge in [-0.2, -0.15) is 0 Å². The quantitative estimate of drug-likeness (QED) is 0.549. The molecule has 0 aliphatic carbocycles. The molecule has 0 saturated carbocycles. The van der Waals surface area contributed by atoms with Crippen LogP contribution in [0.2, 0.25) is 0 Å². The maximum Gasteiger partial charge on any atom is 0.254 e. The highest BCUT2D eigenvalue weighted by Crippen LogP contribution is 2.27. The number of nitrogens with zero attached hydrogens (tertiary/aromatic N) is 1. The van der Waals surface area contributed by atoms with Crippen LogP contribution in [0.1, 0.15) is 41.3 Å². The van der Waals surface area contributed by atoms with Crippen molar-refractivity contribution in [3.05, 3.63) is 68.0 Å². The number of hydrogen-bond donors (Lipinski definition) is 0. The molecule has 2 aromatic rings. The van der Waals surface area contributed by atoms with Gasteiger partial charge in [0.05, 0.1) is 0 Å². The Hall–Kier alpha value is -1.57. The first kappa shape index (κ1) is 19.2. The van der Waals surface area contributed by atoms with Crippen molar-refractivity contribution in [3.8, 4) is 0 Å². The highest BCUT2D eigenvalue weighted by Gasteiger charge is 2.32. The van der Waals surface area contributed by atoms with Crippen LogP contribution < -0.4 is 0 Å². The molecule has 138 valence electrons. The number of carbonyl (C=O) groups is 1. The van der Waals surface area contributed by atoms with E-state index in [0.29, 0.717) is 22.6 Å². The Bertz CT molecular complexity index is 834. The maximum absolute atomic E-state index is 14.4. The Labute approximate surface area is 164 Å². The predicted octanol–water partition coefficient (Wildman–Crippen LogP) is 5.17. The van der Waals surface area contributed by atoms with E-state index in [0.717, 1.165) is 18.9 Å². The fourth-order valence-electron chi connectivity index (χ4n) is 3.32. The molecule has 0 radical (unpaired) electrons. The van der Waals surface area contributed by atoms with Crippen molar-refractivity contribution in [1.29, 1.82) is 0 Å². The summed E-state index contributed by atoms with van der Waals surface area (Å²) >= 11 is 1.98. The number of halogens is 4. The third kappa shape index (κ3) is 3.89. The number of amides is 1. The van der Waals surface area contributed by atoms with E-state index in [1.807, 2.05) is 22.6 Å². The standard InChI is InChI=1S/C20H19F3INO/c1-2-3-12-10-25(11-12)20(26)15-6-7-17(21)19(23)16(15)8-13-4-5-14(24)9-18(13)22/h4-7,9,12H,2-3,8,10-11H2,1H3. The lowest BCUT2D eigenvalue weighted by atomic mass is 9.92. The summed E-state index contributed by atoms with van der Waals surface area (Å²) in [7, 11) is 0. The molecule has 6 heteroatoms. The van der Waals surface area contributed by atoms with Gasteiger partial charge in [-0.15, -0.1) is 0 Å². The van der Waals surface area contributed by atoms with E-state index in [-0.39, 0.29) is 29.0 Å². The molecule has 1 fully saturated rings. The van der Waals surface area contributed by atoms with Crippen molar-refractivity contribution < 1.29 is 18.0 Å². The zero-order valence-corrected chi connectivity index (χ0v) is 16.5. The van der Waals surface area contributed by atoms with Crippen LogP contribution in [0.5, 0.6) is 0 Å². The number of benzene rings is 2. The first-order valence-corrected chi connectivity index (χ1v) is 9.68. The van der Waals surface area contributed by atoms with Gasteiger partial charge in [-0.25, -0.2) is 13.2 Å². The number of hydrogen-bond acceptors (Lipinski definition) is 1. The zero-order valence-electron chi connectivity index (χ0n) is 14.4. The van der Waals surface area contributed by atoms with Gasteiger partial charge in [-0.05, 0) is 64.8 Å². The van der Waals surface area contributed by atoms with Gasteiger partial charge in [-0.1, -0.05) is 19.4 Å². The Kier molecular flexibility index (Phi) is 5.89. The molecule has 0 N–H and O–H groups in total. The Morgan fingerprint density at radius 2 is 1.88 bits per heavy atom. The van der Waals surface area contributed by atoms with E-state index in [1.54, 1.807) is 11.0 Å². The molecule has 2 aromatic carbocycles. The Balaban J connectivity index is 1.89. The second-order valence-corrected chi connectivity index (χ2v) is 7.91. The van der Waals surface area contributed by atoms with Crippen LogP contribution >= 0.6 is 22.6 Å². The minimum absolute atomic E-state index is 0.0888. The lowest BCUT2D eigenvalue weighted by molar-refractivity contribution is 0.0482. The summed E-state index contributed by atoms with van der Waals surface area (Å²) in [4.78, 5) is 14.4. The highest BCUT2D eigenvalue weighted by molar-refractivity contribution is 14.1. The molecule has 0 atom stereocenters. The molecular weight excluding hydrogens is 454 g/mol. The van der Waals surface area contributed by atoms with E-state index in [4.69, 9.17) is 0 Å². The summed E-state index contributed by atoms with van der Waals surface area (Å²) in [5, 5.41) is 0. The van der Waals surface area contributed by atoms with Crippen LogP contribution in [0.3, 0.4) is 0 Å². The van der Waals surface area contributed by atoms with Crippen molar-refractivity contribution in [3.63, 3.8) is 0 Å². The van der Waals surface area contributed by atoms with Crippen LogP contribution in [0, 0.1) is 26.9 Å². The molecule has 1 heterocycles. The fourth-order valence-corrected chi connectivity index (χ4v) is 3.77. The summed E-state index contributed by atoms with van der Waals surface area (Å²) in [5.74, 6) is -2.47. The summed E-state index contributed by atoms with van der Waals surface area (Å²) in [6.45, 7) is 3.35. The molecule has 1 aliphatic rings. The predicted molar refractivity (Wildman–Crippen MR) is 103 cm³/mol. The van der Waals surface area contributed by atoms with Crippen LogP contribution in [-0.4, -0.2) is 23.9 Å². The normalized spacial score (nSPS) is 14.4. The monoisotopic (exact) mass is 473 g/mol. The van der Waals surface area contributed by atoms with Gasteiger partial charge in [0, 0.05) is 34.2 Å². The maximum atomic E-state index is 14.4. The van der Waals surface area contributed by atoms with Crippen molar-refractivity contribution in [2.75, 3.05) is 13.1 Å². The first-order chi connectivity index (χ1) is 12.4. The fraction of sp³-hybridized carbons (Fsp3) is 0.350. The second kappa shape index (κ2) is 7.98. The van der Waals surface area contributed by atoms with E-state index >= 15 is 0 Å². The highest BCUT2D eigenvalue weighted by atomic mass is 127. The average Bonchev–Trinajstić information content (AvgIpc) is 2.56. The summed E-state index contributed by atoms with van der Waals surface area (Å²) in [5.41, 5.74) is 0.252. The number of carbonyl (C=O) groups excluding carboxylic acids is 1. The summed E-state index contributed by atoms with van der Waals surface area (Å²) in [6.07, 6.45) is 1.93. The van der Waals surface area contributed by atoms with Gasteiger partial charge in [-0.3, -0.25) is 4.79 Å². The molecule has 0 bridgehead atoms. The first-order valence-electron chi connectivity index (χ1n) is 8.60. The van der Waals surface area contributed by atoms with Gasteiger partial charge in [0.2, 0.25) is 0 Å². The van der Waals surface area contributed by atoms with Crippen LogP contribution in [0.4, 0.5) is 13.2 Å². The zero-order chi connectivity index (χ0) is 18.8. The van der Waals surface area contributed by atoms with Crippen LogP contribution in [-0.2, 0) is 6.42 Å². The molecule has 1 saturated heterocycles. The van der Waals surface area contributed by atoms with Crippen molar-refractivity contribution in [1.82, 2.24) is 4.90 Å². The van der Waals surface area contributed by atoms with E-state index < -0.39 is 17.5 Å². The SMILES string of the molecule is CCCC1CN(C(=O)c2ccc(F)c(F)c2Cc2ccc(I)cc2F)C1. The van der Waals surface area contributed by atoms with Gasteiger partial charge in [0.25, 0.3) is 5.91 Å². The molecule has 3 rings (SSSR count). The van der Waals surface area contributed by atoms with E-state index in [2.05, 4.69) is 6.92 Å². The molecule has 1 amide bonds. The average molecular weight is 473 g/mol. The van der Waals surface area contributed by atoms with Gasteiger partial charge < -0.3 is 4.90 Å². The van der Waals surface area contributed by atoms with Gasteiger partial charge in [0.15, 0.2) is 11.6 Å². The molecule has 26 heavy (non-hydrogen) atoms. The molecule has 0 unspecified atom stereocenters. The minimum atomic E-state index is -1.08. The Morgan fingerprint density at radius 3 is 2.54 bits per heavy atom. The van der Waals surface area contributed by atoms with Crippen LogP contribution in [0.25, 0.3) is 0 Å². The van der Waals surface area contributed by atoms with Crippen molar-refractivity contribution in [2.45, 2.75) is 26.2 Å². The third-order valence-electron chi connectivity index (χ3n) is 4.75. The number of rotatable bonds is 5. The molecule has 0 aromatic heterocycles. The summed E-state index contributed by atoms with van der Waals surface area (Å²) in [6, 6.07) is 6.83. The second-order valence-electron chi connectivity index (χ2n) is 6.66. The largest absolute Gasteiger partial charge is 0.338 e. The molecule has 2 nitrogen and oxygen atoms in total. The van der Waals surface area contributed by atoms with Gasteiger partial charge in [0.1, 0.15) is 5.82 Å². The lowest BCUT2D eigenvalue weighted by Crippen LogP contribution is -2.50. The molecule has 0 spiro atoms. The third-order valence-corrected chi connectivity index (χ3v) is 5.42. The van der Waals surface area contributed by atoms with Crippen molar-refractivity contribution in [2.24, 2.45) is 5.92 Å². The van der Waals surface area contributed by atoms with Crippen molar-refractivity contribution >= 4 is 28.5 Å². The topological polar surface area (TPSA) is 20.3 Å². The molecule has 1 aliphatic heterocycles. The van der Waals surface area contributed by atoms with Gasteiger partial charge >= 0.3 is 0 Å². The van der Waals surface area contributed by atoms with Crippen LogP contribution in [0.15, 0.2) is 30.3 Å². The summed E-state index contributed by atoms with van der Waals surface area (Å²) < 4.78 is 43.1. The molecular formula is C20H19F3INO. The number of likely N-dealkylation sites (tertiary alicyclic amines) is 1. The minimum Gasteiger partial charge on any atom is -0.338 e. The lowest BCUT2D eigenvalue weighted by Gasteiger charge is -2.39. The van der Waals surface area contributed by atoms with E-state index in [9.17, 15) is 18.0 Å².